The molecular weight excluding hydrogens is 376 g/mol. The van der Waals surface area contributed by atoms with Crippen LogP contribution in [0.1, 0.15) is 21.7 Å². The van der Waals surface area contributed by atoms with Crippen molar-refractivity contribution in [1.82, 2.24) is 10.0 Å². The third-order valence-corrected chi connectivity index (χ3v) is 5.73. The third kappa shape index (κ3) is 3.60. The molecule has 1 heterocycles. The quantitative estimate of drug-likeness (QED) is 0.697. The summed E-state index contributed by atoms with van der Waals surface area (Å²) < 4.78 is 31.3. The van der Waals surface area contributed by atoms with E-state index in [9.17, 15) is 13.2 Å². The molecule has 1 aromatic heterocycles. The van der Waals surface area contributed by atoms with E-state index in [0.717, 1.165) is 16.5 Å². The number of sulfonamides is 1. The van der Waals surface area contributed by atoms with Gasteiger partial charge in [-0.15, -0.1) is 0 Å². The highest BCUT2D eigenvalue weighted by molar-refractivity contribution is 7.89. The lowest BCUT2D eigenvalue weighted by Crippen LogP contribution is -2.23. The standard InChI is InChI=1S/C18H17ClN2O4S/c1-11-15-9-13(19)5-8-16(15)25-17(11)18(22)21-10-12-3-6-14(7-4-12)26(23,24)20-2/h3-9,20H,10H2,1-2H3,(H,21,22). The summed E-state index contributed by atoms with van der Waals surface area (Å²) in [6, 6.07) is 11.5. The molecule has 0 saturated heterocycles. The van der Waals surface area contributed by atoms with Crippen molar-refractivity contribution in [3.05, 3.63) is 64.4 Å². The average molecular weight is 393 g/mol. The second-order valence-corrected chi connectivity index (χ2v) is 8.05. The SMILES string of the molecule is CNS(=O)(=O)c1ccc(CNC(=O)c2oc3ccc(Cl)cc3c2C)cc1. The Labute approximate surface area is 156 Å². The van der Waals surface area contributed by atoms with Gasteiger partial charge in [0.15, 0.2) is 5.76 Å². The fourth-order valence-electron chi connectivity index (χ4n) is 2.58. The van der Waals surface area contributed by atoms with Gasteiger partial charge >= 0.3 is 0 Å². The van der Waals surface area contributed by atoms with Crippen LogP contribution in [0, 0.1) is 6.92 Å². The van der Waals surface area contributed by atoms with Gasteiger partial charge in [0.05, 0.1) is 4.90 Å². The van der Waals surface area contributed by atoms with Crippen molar-refractivity contribution in [2.45, 2.75) is 18.4 Å². The van der Waals surface area contributed by atoms with Crippen LogP contribution in [0.5, 0.6) is 0 Å². The van der Waals surface area contributed by atoms with Crippen LogP contribution >= 0.6 is 11.6 Å². The molecule has 0 radical (unpaired) electrons. The molecule has 0 spiro atoms. The van der Waals surface area contributed by atoms with E-state index in [-0.39, 0.29) is 23.1 Å². The summed E-state index contributed by atoms with van der Waals surface area (Å²) in [5.41, 5.74) is 2.08. The van der Waals surface area contributed by atoms with E-state index in [1.807, 2.05) is 0 Å². The number of fused-ring (bicyclic) bond motifs is 1. The van der Waals surface area contributed by atoms with Gasteiger partial charge in [0.25, 0.3) is 5.91 Å². The van der Waals surface area contributed by atoms with E-state index in [1.54, 1.807) is 37.3 Å². The van der Waals surface area contributed by atoms with Crippen molar-refractivity contribution in [2.24, 2.45) is 0 Å². The maximum Gasteiger partial charge on any atom is 0.287 e. The molecule has 0 fully saturated rings. The largest absolute Gasteiger partial charge is 0.451 e. The number of carbonyl (C=O) groups excluding carboxylic acids is 1. The van der Waals surface area contributed by atoms with Gasteiger partial charge < -0.3 is 9.73 Å². The minimum atomic E-state index is -3.48. The van der Waals surface area contributed by atoms with Gasteiger partial charge in [-0.25, -0.2) is 13.1 Å². The molecule has 0 bridgehead atoms. The Hall–Kier alpha value is -2.35. The molecule has 1 amide bonds. The molecule has 0 saturated carbocycles. The van der Waals surface area contributed by atoms with Crippen LogP contribution in [0.15, 0.2) is 51.8 Å². The third-order valence-electron chi connectivity index (χ3n) is 4.06. The summed E-state index contributed by atoms with van der Waals surface area (Å²) in [5.74, 6) is -0.113. The zero-order valence-corrected chi connectivity index (χ0v) is 15.7. The van der Waals surface area contributed by atoms with Crippen LogP contribution in [0.3, 0.4) is 0 Å². The molecule has 6 nitrogen and oxygen atoms in total. The maximum atomic E-state index is 12.4. The number of rotatable bonds is 5. The zero-order chi connectivity index (χ0) is 18.9. The summed E-state index contributed by atoms with van der Waals surface area (Å²) in [7, 11) is -2.12. The number of halogens is 1. The molecule has 136 valence electrons. The molecule has 8 heteroatoms. The van der Waals surface area contributed by atoms with E-state index < -0.39 is 10.0 Å². The molecule has 26 heavy (non-hydrogen) atoms. The minimum Gasteiger partial charge on any atom is -0.451 e. The number of nitrogens with one attached hydrogen (secondary N) is 2. The summed E-state index contributed by atoms with van der Waals surface area (Å²) in [5, 5.41) is 4.14. The van der Waals surface area contributed by atoms with Crippen LogP contribution in [0.25, 0.3) is 11.0 Å². The van der Waals surface area contributed by atoms with Gasteiger partial charge in [-0.3, -0.25) is 4.79 Å². The number of furan rings is 1. The van der Waals surface area contributed by atoms with Gasteiger partial charge in [-0.2, -0.15) is 0 Å². The predicted molar refractivity (Wildman–Crippen MR) is 99.8 cm³/mol. The van der Waals surface area contributed by atoms with Crippen molar-refractivity contribution >= 4 is 38.5 Å². The Morgan fingerprint density at radius 3 is 2.50 bits per heavy atom. The number of aryl methyl sites for hydroxylation is 1. The molecule has 0 aliphatic rings. The van der Waals surface area contributed by atoms with E-state index in [1.165, 1.54) is 19.2 Å². The van der Waals surface area contributed by atoms with Crippen molar-refractivity contribution in [3.63, 3.8) is 0 Å². The zero-order valence-electron chi connectivity index (χ0n) is 14.2. The van der Waals surface area contributed by atoms with Gasteiger partial charge in [0.1, 0.15) is 5.58 Å². The van der Waals surface area contributed by atoms with Gasteiger partial charge in [-0.1, -0.05) is 23.7 Å². The first-order chi connectivity index (χ1) is 12.3. The topological polar surface area (TPSA) is 88.4 Å². The van der Waals surface area contributed by atoms with Crippen molar-refractivity contribution in [2.75, 3.05) is 7.05 Å². The first kappa shape index (κ1) is 18.4. The van der Waals surface area contributed by atoms with Crippen LogP contribution in [0.2, 0.25) is 5.02 Å². The lowest BCUT2D eigenvalue weighted by molar-refractivity contribution is 0.0924. The van der Waals surface area contributed by atoms with E-state index in [4.69, 9.17) is 16.0 Å². The van der Waals surface area contributed by atoms with Crippen LogP contribution in [0.4, 0.5) is 0 Å². The predicted octanol–water partition coefficient (Wildman–Crippen LogP) is 3.23. The molecule has 0 aliphatic carbocycles. The second-order valence-electron chi connectivity index (χ2n) is 5.73. The number of hydrogen-bond acceptors (Lipinski definition) is 4. The summed E-state index contributed by atoms with van der Waals surface area (Å²) >= 11 is 5.99. The Morgan fingerprint density at radius 2 is 1.85 bits per heavy atom. The Kier molecular flexibility index (Phi) is 5.04. The lowest BCUT2D eigenvalue weighted by atomic mass is 10.1. The fourth-order valence-corrected chi connectivity index (χ4v) is 3.48. The molecular formula is C18H17ClN2O4S. The van der Waals surface area contributed by atoms with Crippen molar-refractivity contribution in [1.29, 1.82) is 0 Å². The molecule has 2 N–H and O–H groups in total. The maximum absolute atomic E-state index is 12.4. The monoisotopic (exact) mass is 392 g/mol. The molecule has 3 rings (SSSR count). The average Bonchev–Trinajstić information content (AvgIpc) is 2.96. The highest BCUT2D eigenvalue weighted by Crippen LogP contribution is 2.27. The first-order valence-electron chi connectivity index (χ1n) is 7.81. The summed E-state index contributed by atoms with van der Waals surface area (Å²) in [6.07, 6.45) is 0. The first-order valence-corrected chi connectivity index (χ1v) is 9.67. The van der Waals surface area contributed by atoms with E-state index >= 15 is 0 Å². The van der Waals surface area contributed by atoms with E-state index in [2.05, 4.69) is 10.0 Å². The van der Waals surface area contributed by atoms with E-state index in [0.29, 0.717) is 10.6 Å². The number of benzene rings is 2. The number of amides is 1. The highest BCUT2D eigenvalue weighted by Gasteiger charge is 2.18. The van der Waals surface area contributed by atoms with Crippen molar-refractivity contribution in [3.8, 4) is 0 Å². The van der Waals surface area contributed by atoms with Gasteiger partial charge in [0.2, 0.25) is 10.0 Å². The smallest absolute Gasteiger partial charge is 0.287 e. The minimum absolute atomic E-state index is 0.167. The van der Waals surface area contributed by atoms with Gasteiger partial charge in [0, 0.05) is 22.5 Å². The molecule has 0 unspecified atom stereocenters. The molecule has 3 aromatic rings. The van der Waals surface area contributed by atoms with Crippen molar-refractivity contribution < 1.29 is 17.6 Å². The van der Waals surface area contributed by atoms with Crippen LogP contribution < -0.4 is 10.0 Å². The Morgan fingerprint density at radius 1 is 1.15 bits per heavy atom. The summed E-state index contributed by atoms with van der Waals surface area (Å²) in [6.45, 7) is 2.05. The molecule has 0 atom stereocenters. The number of hydrogen-bond donors (Lipinski definition) is 2. The normalized spacial score (nSPS) is 11.7. The molecule has 2 aromatic carbocycles. The van der Waals surface area contributed by atoms with Crippen LogP contribution in [-0.2, 0) is 16.6 Å². The van der Waals surface area contributed by atoms with Crippen LogP contribution in [-0.4, -0.2) is 21.4 Å². The lowest BCUT2D eigenvalue weighted by Gasteiger charge is -2.06. The Balaban J connectivity index is 1.74. The second kappa shape index (κ2) is 7.11. The molecule has 0 aliphatic heterocycles. The fraction of sp³-hybridized carbons (Fsp3) is 0.167. The number of carbonyl (C=O) groups is 1. The summed E-state index contributed by atoms with van der Waals surface area (Å²) in [4.78, 5) is 12.6. The Bertz CT molecular complexity index is 1070. The highest BCUT2D eigenvalue weighted by atomic mass is 35.5. The van der Waals surface area contributed by atoms with Gasteiger partial charge in [-0.05, 0) is 49.9 Å².